The third kappa shape index (κ3) is 6.68. The Labute approximate surface area is 233 Å². The highest BCUT2D eigenvalue weighted by molar-refractivity contribution is 6.35. The molecule has 0 bridgehead atoms. The maximum atomic E-state index is 12.9. The van der Waals surface area contributed by atoms with Gasteiger partial charge in [-0.25, -0.2) is 4.79 Å². The minimum atomic E-state index is -0.470. The smallest absolute Gasteiger partial charge is 0.348 e. The molecule has 0 spiro atoms. The van der Waals surface area contributed by atoms with E-state index in [9.17, 15) is 14.4 Å². The first-order valence-electron chi connectivity index (χ1n) is 12.8. The Morgan fingerprint density at radius 1 is 1.00 bits per heavy atom. The number of aromatic amines is 1. The number of urea groups is 1. The molecule has 0 unspecified atom stereocenters. The quantitative estimate of drug-likeness (QED) is 0.159. The number of carbonyl (C=O) groups excluding carboxylic acids is 3. The van der Waals surface area contributed by atoms with Crippen LogP contribution >= 0.6 is 0 Å². The molecule has 11 heteroatoms. The number of rotatable bonds is 9. The van der Waals surface area contributed by atoms with E-state index in [0.717, 1.165) is 17.7 Å². The van der Waals surface area contributed by atoms with E-state index in [2.05, 4.69) is 31.3 Å². The van der Waals surface area contributed by atoms with Gasteiger partial charge in [-0.05, 0) is 77.9 Å². The molecule has 40 heavy (non-hydrogen) atoms. The van der Waals surface area contributed by atoms with Crippen molar-refractivity contribution >= 4 is 40.9 Å². The van der Waals surface area contributed by atoms with Crippen LogP contribution in [0.2, 0.25) is 0 Å². The van der Waals surface area contributed by atoms with Gasteiger partial charge in [-0.15, -0.1) is 0 Å². The zero-order valence-electron chi connectivity index (χ0n) is 23.6. The number of carbonyl (C=O) groups is 3. The van der Waals surface area contributed by atoms with Gasteiger partial charge in [0.1, 0.15) is 0 Å². The minimum Gasteiger partial charge on any atom is -0.376 e. The molecule has 4 amide bonds. The van der Waals surface area contributed by atoms with E-state index in [1.54, 1.807) is 36.4 Å². The molecule has 1 aliphatic rings. The molecular formula is C29H35N7O4. The molecule has 4 rings (SSSR count). The Morgan fingerprint density at radius 3 is 2.40 bits per heavy atom. The molecular weight excluding hydrogens is 510 g/mol. The second-order valence-corrected chi connectivity index (χ2v) is 10.2. The highest BCUT2D eigenvalue weighted by Crippen LogP contribution is 2.36. The van der Waals surface area contributed by atoms with E-state index in [0.29, 0.717) is 51.9 Å². The summed E-state index contributed by atoms with van der Waals surface area (Å²) in [7, 11) is 7.66. The summed E-state index contributed by atoms with van der Waals surface area (Å²) in [4.78, 5) is 50.2. The van der Waals surface area contributed by atoms with Crippen LogP contribution in [0.25, 0.3) is 11.6 Å². The summed E-state index contributed by atoms with van der Waals surface area (Å²) >= 11 is 0. The van der Waals surface area contributed by atoms with Crippen molar-refractivity contribution in [3.8, 4) is 5.75 Å². The summed E-state index contributed by atoms with van der Waals surface area (Å²) < 4.78 is 0. The molecule has 0 saturated carbocycles. The van der Waals surface area contributed by atoms with Crippen LogP contribution in [-0.4, -0.2) is 67.5 Å². The topological polar surface area (TPSA) is 131 Å². The van der Waals surface area contributed by atoms with Gasteiger partial charge in [-0.1, -0.05) is 18.2 Å². The van der Waals surface area contributed by atoms with E-state index < -0.39 is 6.03 Å². The number of fused-ring (bicyclic) bond motifs is 1. The summed E-state index contributed by atoms with van der Waals surface area (Å²) in [6, 6.07) is 12.3. The van der Waals surface area contributed by atoms with Crippen LogP contribution in [0.5, 0.6) is 5.75 Å². The van der Waals surface area contributed by atoms with E-state index in [-0.39, 0.29) is 11.8 Å². The Balaban J connectivity index is 1.47. The Hall–Kier alpha value is -4.61. The molecule has 210 valence electrons. The van der Waals surface area contributed by atoms with Gasteiger partial charge in [0.2, 0.25) is 0 Å². The number of benzene rings is 2. The average Bonchev–Trinajstić information content (AvgIpc) is 3.35. The zero-order chi connectivity index (χ0) is 29.0. The molecule has 0 atom stereocenters. The molecule has 1 aliphatic heterocycles. The Bertz CT molecular complexity index is 1460. The largest absolute Gasteiger partial charge is 0.376 e. The van der Waals surface area contributed by atoms with Crippen LogP contribution in [0.15, 0.2) is 42.5 Å². The number of H-pyrrole nitrogens is 1. The van der Waals surface area contributed by atoms with E-state index in [4.69, 9.17) is 4.84 Å². The van der Waals surface area contributed by atoms with Crippen molar-refractivity contribution in [1.82, 2.24) is 25.6 Å². The van der Waals surface area contributed by atoms with Crippen molar-refractivity contribution in [2.24, 2.45) is 0 Å². The first kappa shape index (κ1) is 28.4. The van der Waals surface area contributed by atoms with E-state index in [1.165, 1.54) is 0 Å². The van der Waals surface area contributed by atoms with Crippen LogP contribution in [0.1, 0.15) is 38.4 Å². The molecule has 0 fully saturated rings. The van der Waals surface area contributed by atoms with E-state index >= 15 is 0 Å². The van der Waals surface area contributed by atoms with Crippen LogP contribution in [0.4, 0.5) is 16.2 Å². The molecule has 2 aromatic carbocycles. The highest BCUT2D eigenvalue weighted by atomic mass is 16.7. The lowest BCUT2D eigenvalue weighted by Gasteiger charge is -2.12. The summed E-state index contributed by atoms with van der Waals surface area (Å²) in [5.74, 6) is -0.0194. The lowest BCUT2D eigenvalue weighted by molar-refractivity contribution is -0.110. The van der Waals surface area contributed by atoms with Crippen molar-refractivity contribution in [2.75, 3.05) is 45.5 Å². The normalized spacial score (nSPS) is 13.4. The highest BCUT2D eigenvalue weighted by Gasteiger charge is 2.26. The number of anilines is 2. The molecule has 3 aromatic rings. The standard InChI is InChI=1S/C29H35N7O4/c1-17-24(31-18(2)26(17)40-34-29(39)30-16-36(5)6)14-23-22-12-11-21(13-25(22)33-28(23)38)32-27(37)20-9-7-19(8-10-20)15-35(3)4/h7-14,31H,15-16H2,1-6H3,(H,32,37)(H,33,38)(H2,30,34,39)/b23-14-. The summed E-state index contributed by atoms with van der Waals surface area (Å²) in [5, 5.41) is 8.43. The lowest BCUT2D eigenvalue weighted by atomic mass is 10.0. The Kier molecular flexibility index (Phi) is 8.56. The first-order chi connectivity index (χ1) is 19.0. The second kappa shape index (κ2) is 12.1. The van der Waals surface area contributed by atoms with Gasteiger partial charge in [0.25, 0.3) is 11.8 Å². The van der Waals surface area contributed by atoms with Gasteiger partial charge in [0.15, 0.2) is 5.75 Å². The Morgan fingerprint density at radius 2 is 1.73 bits per heavy atom. The zero-order valence-corrected chi connectivity index (χ0v) is 23.6. The second-order valence-electron chi connectivity index (χ2n) is 10.2. The van der Waals surface area contributed by atoms with Gasteiger partial charge >= 0.3 is 6.03 Å². The van der Waals surface area contributed by atoms with Crippen molar-refractivity contribution < 1.29 is 19.2 Å². The van der Waals surface area contributed by atoms with Gasteiger partial charge in [-0.3, -0.25) is 14.5 Å². The van der Waals surface area contributed by atoms with Crippen LogP contribution in [-0.2, 0) is 11.3 Å². The van der Waals surface area contributed by atoms with Crippen molar-refractivity contribution in [2.45, 2.75) is 20.4 Å². The number of hydroxylamine groups is 1. The summed E-state index contributed by atoms with van der Waals surface area (Å²) in [5.41, 5.74) is 8.52. The fraction of sp³-hybridized carbons (Fsp3) is 0.276. The van der Waals surface area contributed by atoms with Crippen LogP contribution < -0.4 is 26.3 Å². The monoisotopic (exact) mass is 545 g/mol. The summed E-state index contributed by atoms with van der Waals surface area (Å²) in [6.45, 7) is 4.81. The van der Waals surface area contributed by atoms with Crippen molar-refractivity contribution in [3.63, 3.8) is 0 Å². The number of nitrogens with one attached hydrogen (secondary N) is 5. The number of hydrogen-bond acceptors (Lipinski definition) is 6. The predicted molar refractivity (Wildman–Crippen MR) is 156 cm³/mol. The van der Waals surface area contributed by atoms with Crippen molar-refractivity contribution in [3.05, 3.63) is 76.1 Å². The SMILES string of the molecule is Cc1[nH]c(/C=C2\C(=O)Nc3cc(NC(=O)c4ccc(CN(C)C)cc4)ccc32)c(C)c1ONC(=O)NCN(C)C. The molecule has 0 radical (unpaired) electrons. The minimum absolute atomic E-state index is 0.231. The van der Waals surface area contributed by atoms with Gasteiger partial charge in [0, 0.05) is 34.6 Å². The number of aryl methyl sites for hydroxylation is 1. The average molecular weight is 546 g/mol. The fourth-order valence-corrected chi connectivity index (χ4v) is 4.31. The van der Waals surface area contributed by atoms with Gasteiger partial charge in [-0.2, -0.15) is 5.48 Å². The van der Waals surface area contributed by atoms with Crippen molar-refractivity contribution in [1.29, 1.82) is 0 Å². The fourth-order valence-electron chi connectivity index (χ4n) is 4.31. The molecule has 11 nitrogen and oxygen atoms in total. The first-order valence-corrected chi connectivity index (χ1v) is 12.8. The number of amides is 4. The van der Waals surface area contributed by atoms with E-state index in [1.807, 2.05) is 59.1 Å². The third-order valence-corrected chi connectivity index (χ3v) is 6.27. The maximum Gasteiger partial charge on any atom is 0.348 e. The maximum absolute atomic E-state index is 12.9. The van der Waals surface area contributed by atoms with Gasteiger partial charge in [0.05, 0.1) is 23.6 Å². The lowest BCUT2D eigenvalue weighted by Crippen LogP contribution is -2.41. The summed E-state index contributed by atoms with van der Waals surface area (Å²) in [6.07, 6.45) is 1.75. The molecule has 0 aliphatic carbocycles. The van der Waals surface area contributed by atoms with Crippen LogP contribution in [0.3, 0.4) is 0 Å². The molecule has 2 heterocycles. The molecule has 5 N–H and O–H groups in total. The number of hydrogen-bond donors (Lipinski definition) is 5. The number of nitrogens with zero attached hydrogens (tertiary/aromatic N) is 2. The third-order valence-electron chi connectivity index (χ3n) is 6.27. The van der Waals surface area contributed by atoms with Gasteiger partial charge < -0.3 is 30.7 Å². The predicted octanol–water partition coefficient (Wildman–Crippen LogP) is 3.55. The molecule has 0 saturated heterocycles. The molecule has 1 aromatic heterocycles. The van der Waals surface area contributed by atoms with Crippen LogP contribution in [0, 0.1) is 13.8 Å². The number of aromatic nitrogens is 1.